The molecule has 122 valence electrons. The van der Waals surface area contributed by atoms with Gasteiger partial charge in [0.25, 0.3) is 0 Å². The number of halogens is 1. The second kappa shape index (κ2) is 6.49. The lowest BCUT2D eigenvalue weighted by Gasteiger charge is -2.18. The van der Waals surface area contributed by atoms with Crippen molar-refractivity contribution >= 4 is 45.2 Å². The molecular weight excluding hydrogens is 340 g/mol. The van der Waals surface area contributed by atoms with E-state index in [4.69, 9.17) is 11.6 Å². The van der Waals surface area contributed by atoms with Crippen LogP contribution in [0.5, 0.6) is 0 Å². The third-order valence-electron chi connectivity index (χ3n) is 4.35. The quantitative estimate of drug-likeness (QED) is 0.535. The third-order valence-corrected chi connectivity index (χ3v) is 5.76. The van der Waals surface area contributed by atoms with Gasteiger partial charge in [-0.2, -0.15) is 5.10 Å². The summed E-state index contributed by atoms with van der Waals surface area (Å²) in [5.41, 5.74) is 5.48. The second-order valence-corrected chi connectivity index (χ2v) is 7.70. The first-order valence-electron chi connectivity index (χ1n) is 8.00. The summed E-state index contributed by atoms with van der Waals surface area (Å²) in [5.74, 6) is 1.54. The molecule has 1 aliphatic rings. The predicted molar refractivity (Wildman–Crippen MR) is 101 cm³/mol. The summed E-state index contributed by atoms with van der Waals surface area (Å²) >= 11 is 7.69. The lowest BCUT2D eigenvalue weighted by atomic mass is 9.89. The topological polar surface area (TPSA) is 50.2 Å². The number of hydrazone groups is 1. The normalized spacial score (nSPS) is 17.3. The molecule has 0 amide bonds. The molecule has 4 rings (SSSR count). The Balaban J connectivity index is 1.63. The number of aromatic nitrogens is 2. The van der Waals surface area contributed by atoms with E-state index in [0.717, 1.165) is 45.4 Å². The largest absolute Gasteiger partial charge is 0.261 e. The number of nitrogens with one attached hydrogen (secondary N) is 1. The highest BCUT2D eigenvalue weighted by Gasteiger charge is 2.22. The fourth-order valence-electron chi connectivity index (χ4n) is 3.08. The van der Waals surface area contributed by atoms with Crippen LogP contribution in [0, 0.1) is 5.92 Å². The molecule has 0 spiro atoms. The van der Waals surface area contributed by atoms with Gasteiger partial charge in [0.2, 0.25) is 0 Å². The number of nitrogens with zero attached hydrogens (tertiary/aromatic N) is 3. The van der Waals surface area contributed by atoms with Crippen molar-refractivity contribution < 1.29 is 0 Å². The van der Waals surface area contributed by atoms with Crippen molar-refractivity contribution in [3.8, 4) is 0 Å². The molecule has 0 saturated carbocycles. The summed E-state index contributed by atoms with van der Waals surface area (Å²) in [7, 11) is 0. The zero-order chi connectivity index (χ0) is 16.5. The van der Waals surface area contributed by atoms with Gasteiger partial charge in [-0.05, 0) is 48.4 Å². The minimum atomic E-state index is 0.719. The van der Waals surface area contributed by atoms with Crippen molar-refractivity contribution in [2.75, 3.05) is 5.43 Å². The molecule has 24 heavy (non-hydrogen) atoms. The molecule has 2 aromatic heterocycles. The molecule has 4 nitrogen and oxygen atoms in total. The number of hydrogen-bond donors (Lipinski definition) is 1. The molecule has 0 unspecified atom stereocenters. The van der Waals surface area contributed by atoms with Crippen LogP contribution in [0.1, 0.15) is 29.3 Å². The second-order valence-electron chi connectivity index (χ2n) is 6.18. The van der Waals surface area contributed by atoms with Crippen LogP contribution in [0.4, 0.5) is 5.82 Å². The summed E-state index contributed by atoms with van der Waals surface area (Å²) < 4.78 is 0. The number of hydrogen-bond acceptors (Lipinski definition) is 5. The van der Waals surface area contributed by atoms with Gasteiger partial charge in [-0.3, -0.25) is 5.43 Å². The summed E-state index contributed by atoms with van der Waals surface area (Å²) in [5, 5.41) is 6.19. The van der Waals surface area contributed by atoms with Gasteiger partial charge >= 0.3 is 0 Å². The first-order valence-corrected chi connectivity index (χ1v) is 9.20. The molecule has 3 aromatic rings. The summed E-state index contributed by atoms with van der Waals surface area (Å²) in [6.45, 7) is 2.31. The van der Waals surface area contributed by atoms with Gasteiger partial charge < -0.3 is 0 Å². The van der Waals surface area contributed by atoms with Crippen molar-refractivity contribution in [2.24, 2.45) is 11.0 Å². The summed E-state index contributed by atoms with van der Waals surface area (Å²) in [6.07, 6.45) is 6.84. The van der Waals surface area contributed by atoms with Crippen LogP contribution in [0.2, 0.25) is 5.02 Å². The third kappa shape index (κ3) is 3.01. The van der Waals surface area contributed by atoms with Crippen LogP contribution >= 0.6 is 22.9 Å². The Bertz CT molecular complexity index is 901. The van der Waals surface area contributed by atoms with E-state index in [1.165, 1.54) is 16.9 Å². The molecule has 6 heteroatoms. The first kappa shape index (κ1) is 15.5. The van der Waals surface area contributed by atoms with Crippen LogP contribution in [-0.4, -0.2) is 16.2 Å². The van der Waals surface area contributed by atoms with Crippen LogP contribution < -0.4 is 5.43 Å². The maximum Gasteiger partial charge on any atom is 0.158 e. The molecule has 1 N–H and O–H groups in total. The van der Waals surface area contributed by atoms with Crippen LogP contribution in [0.15, 0.2) is 35.7 Å². The Labute approximate surface area is 149 Å². The standard InChI is InChI=1S/C18H17ClN4S/c1-11-2-7-14-15(8-11)24-18-16(14)17(20-10-21-18)23-22-9-12-3-5-13(19)6-4-12/h3-6,9-11H,2,7-8H2,1H3,(H,20,21,23)/b22-9-/t11-/m1/s1. The van der Waals surface area contributed by atoms with E-state index in [1.54, 1.807) is 23.9 Å². The first-order chi connectivity index (χ1) is 11.7. The summed E-state index contributed by atoms with van der Waals surface area (Å²) in [6, 6.07) is 7.55. The lowest BCUT2D eigenvalue weighted by Crippen LogP contribution is -2.09. The zero-order valence-corrected chi connectivity index (χ0v) is 14.9. The van der Waals surface area contributed by atoms with E-state index in [1.807, 2.05) is 24.3 Å². The Morgan fingerprint density at radius 2 is 2.12 bits per heavy atom. The van der Waals surface area contributed by atoms with Crippen molar-refractivity contribution in [3.05, 3.63) is 51.6 Å². The Morgan fingerprint density at radius 3 is 2.96 bits per heavy atom. The van der Waals surface area contributed by atoms with E-state index in [-0.39, 0.29) is 0 Å². The maximum absolute atomic E-state index is 5.90. The number of benzene rings is 1. The number of anilines is 1. The van der Waals surface area contributed by atoms with E-state index < -0.39 is 0 Å². The monoisotopic (exact) mass is 356 g/mol. The van der Waals surface area contributed by atoms with Crippen molar-refractivity contribution in [3.63, 3.8) is 0 Å². The van der Waals surface area contributed by atoms with E-state index >= 15 is 0 Å². The fourth-order valence-corrected chi connectivity index (χ4v) is 4.55. The number of fused-ring (bicyclic) bond motifs is 3. The lowest BCUT2D eigenvalue weighted by molar-refractivity contribution is 0.509. The van der Waals surface area contributed by atoms with Crippen molar-refractivity contribution in [1.29, 1.82) is 0 Å². The van der Waals surface area contributed by atoms with Crippen LogP contribution in [0.3, 0.4) is 0 Å². The molecule has 0 bridgehead atoms. The highest BCUT2D eigenvalue weighted by atomic mass is 35.5. The van der Waals surface area contributed by atoms with Gasteiger partial charge in [0.15, 0.2) is 5.82 Å². The molecule has 1 aliphatic carbocycles. The molecule has 1 atom stereocenters. The molecule has 0 saturated heterocycles. The minimum absolute atomic E-state index is 0.719. The van der Waals surface area contributed by atoms with E-state index in [9.17, 15) is 0 Å². The number of rotatable bonds is 3. The molecule has 0 aliphatic heterocycles. The van der Waals surface area contributed by atoms with Gasteiger partial charge in [-0.1, -0.05) is 30.7 Å². The number of aryl methyl sites for hydroxylation is 1. The predicted octanol–water partition coefficient (Wildman–Crippen LogP) is 4.92. The van der Waals surface area contributed by atoms with Crippen molar-refractivity contribution in [2.45, 2.75) is 26.2 Å². The molecule has 0 radical (unpaired) electrons. The number of thiophene rings is 1. The smallest absolute Gasteiger partial charge is 0.158 e. The zero-order valence-electron chi connectivity index (χ0n) is 13.3. The van der Waals surface area contributed by atoms with Gasteiger partial charge in [-0.15, -0.1) is 11.3 Å². The van der Waals surface area contributed by atoms with Crippen LogP contribution in [0.25, 0.3) is 10.2 Å². The summed E-state index contributed by atoms with van der Waals surface area (Å²) in [4.78, 5) is 11.4. The van der Waals surface area contributed by atoms with Gasteiger partial charge in [0.1, 0.15) is 11.2 Å². The van der Waals surface area contributed by atoms with Crippen molar-refractivity contribution in [1.82, 2.24) is 9.97 Å². The average Bonchev–Trinajstić information content (AvgIpc) is 2.95. The Kier molecular flexibility index (Phi) is 4.21. The molecular formula is C18H17ClN4S. The van der Waals surface area contributed by atoms with Gasteiger partial charge in [-0.25, -0.2) is 9.97 Å². The van der Waals surface area contributed by atoms with E-state index in [0.29, 0.717) is 0 Å². The van der Waals surface area contributed by atoms with Crippen LogP contribution in [-0.2, 0) is 12.8 Å². The SMILES string of the molecule is C[C@@H]1CCc2c(sc3ncnc(N/N=C\c4ccc(Cl)cc4)c23)C1. The minimum Gasteiger partial charge on any atom is -0.261 e. The fraction of sp³-hybridized carbons (Fsp3) is 0.278. The highest BCUT2D eigenvalue weighted by molar-refractivity contribution is 7.19. The molecule has 1 aromatic carbocycles. The maximum atomic E-state index is 5.90. The van der Waals surface area contributed by atoms with Gasteiger partial charge in [0, 0.05) is 9.90 Å². The Morgan fingerprint density at radius 1 is 1.29 bits per heavy atom. The molecule has 0 fully saturated rings. The van der Waals surface area contributed by atoms with E-state index in [2.05, 4.69) is 27.4 Å². The molecule has 2 heterocycles. The Hall–Kier alpha value is -1.98. The highest BCUT2D eigenvalue weighted by Crippen LogP contribution is 2.39. The van der Waals surface area contributed by atoms with Gasteiger partial charge in [0.05, 0.1) is 11.6 Å². The average molecular weight is 357 g/mol.